The largest absolute Gasteiger partial charge is 0.458 e. The molecule has 4 unspecified atom stereocenters. The van der Waals surface area contributed by atoms with Crippen molar-refractivity contribution in [2.75, 3.05) is 0 Å². The van der Waals surface area contributed by atoms with Gasteiger partial charge in [0.25, 0.3) is 0 Å². The molecular formula is C20H22N4O. The molecule has 0 aromatic heterocycles. The van der Waals surface area contributed by atoms with Crippen LogP contribution in [0.1, 0.15) is 31.2 Å². The van der Waals surface area contributed by atoms with E-state index < -0.39 is 0 Å². The Kier molecular flexibility index (Phi) is 4.08. The molecule has 4 N–H and O–H groups in total. The van der Waals surface area contributed by atoms with Crippen molar-refractivity contribution in [3.05, 3.63) is 59.5 Å². The van der Waals surface area contributed by atoms with Gasteiger partial charge in [-0.25, -0.2) is 5.43 Å². The minimum absolute atomic E-state index is 0.0890. The maximum absolute atomic E-state index is 9.79. The average molecular weight is 334 g/mol. The van der Waals surface area contributed by atoms with E-state index in [1.807, 2.05) is 12.1 Å². The second-order valence-electron chi connectivity index (χ2n) is 6.74. The van der Waals surface area contributed by atoms with Gasteiger partial charge in [-0.3, -0.25) is 5.43 Å². The van der Waals surface area contributed by atoms with E-state index in [-0.39, 0.29) is 30.0 Å². The Bertz CT molecular complexity index is 864. The summed E-state index contributed by atoms with van der Waals surface area (Å²) in [5.41, 5.74) is 14.3. The van der Waals surface area contributed by atoms with Crippen LogP contribution in [-0.4, -0.2) is 12.3 Å². The molecule has 0 spiro atoms. The maximum atomic E-state index is 9.79. The van der Waals surface area contributed by atoms with Gasteiger partial charge in [-0.15, -0.1) is 0 Å². The summed E-state index contributed by atoms with van der Waals surface area (Å²) in [6.45, 7) is 2.17. The van der Waals surface area contributed by atoms with Gasteiger partial charge in [-0.1, -0.05) is 55.8 Å². The zero-order valence-electron chi connectivity index (χ0n) is 14.2. The Labute approximate surface area is 147 Å². The lowest BCUT2D eigenvalue weighted by Gasteiger charge is -2.36. The fourth-order valence-electron chi connectivity index (χ4n) is 4.24. The van der Waals surface area contributed by atoms with Crippen LogP contribution in [0.15, 0.2) is 53.9 Å². The number of benzene rings is 2. The minimum Gasteiger partial charge on any atom is -0.458 e. The number of fused-ring (bicyclic) bond motifs is 2. The lowest BCUT2D eigenvalue weighted by atomic mass is 9.73. The van der Waals surface area contributed by atoms with Gasteiger partial charge in [0.1, 0.15) is 6.07 Å². The molecule has 5 heteroatoms. The Hall–Kier alpha value is -2.55. The lowest BCUT2D eigenvalue weighted by molar-refractivity contribution is 0.0339. The molecule has 1 saturated heterocycles. The zero-order valence-corrected chi connectivity index (χ0v) is 14.2. The quantitative estimate of drug-likeness (QED) is 0.804. The predicted octanol–water partition coefficient (Wildman–Crippen LogP) is 2.87. The summed E-state index contributed by atoms with van der Waals surface area (Å²) in [6, 6.07) is 17.1. The molecule has 0 bridgehead atoms. The number of nitrogens with zero attached hydrogens (tertiary/aromatic N) is 1. The monoisotopic (exact) mass is 334 g/mol. The van der Waals surface area contributed by atoms with Crippen LogP contribution in [0.3, 0.4) is 0 Å². The highest BCUT2D eigenvalue weighted by Gasteiger charge is 2.48. The SMILES string of the molecule is CCCC1NNC2OC(N)=C(C#N)C(c3cccc4ccccc34)C12. The summed E-state index contributed by atoms with van der Waals surface area (Å²) in [6.07, 6.45) is 1.85. The molecule has 2 heterocycles. The molecule has 128 valence electrons. The Morgan fingerprint density at radius 1 is 1.16 bits per heavy atom. The van der Waals surface area contributed by atoms with Crippen molar-refractivity contribution < 1.29 is 4.74 Å². The van der Waals surface area contributed by atoms with E-state index in [9.17, 15) is 5.26 Å². The van der Waals surface area contributed by atoms with Crippen molar-refractivity contribution in [2.24, 2.45) is 11.7 Å². The van der Waals surface area contributed by atoms with Gasteiger partial charge in [0, 0.05) is 17.9 Å². The number of nitriles is 1. The third kappa shape index (κ3) is 2.55. The molecule has 0 aliphatic carbocycles. The molecule has 2 aromatic rings. The number of nitrogens with two attached hydrogens (primary N) is 1. The average Bonchev–Trinajstić information content (AvgIpc) is 3.03. The van der Waals surface area contributed by atoms with Crippen LogP contribution < -0.4 is 16.6 Å². The van der Waals surface area contributed by atoms with Gasteiger partial charge < -0.3 is 10.5 Å². The number of hydrazine groups is 1. The first kappa shape index (κ1) is 15.9. The lowest BCUT2D eigenvalue weighted by Crippen LogP contribution is -2.41. The van der Waals surface area contributed by atoms with Crippen molar-refractivity contribution in [1.82, 2.24) is 10.9 Å². The van der Waals surface area contributed by atoms with Crippen LogP contribution in [0.4, 0.5) is 0 Å². The van der Waals surface area contributed by atoms with Gasteiger partial charge in [0.05, 0.1) is 5.57 Å². The Balaban J connectivity index is 1.91. The van der Waals surface area contributed by atoms with Crippen LogP contribution >= 0.6 is 0 Å². The predicted molar refractivity (Wildman–Crippen MR) is 96.8 cm³/mol. The van der Waals surface area contributed by atoms with Gasteiger partial charge in [0.2, 0.25) is 5.88 Å². The van der Waals surface area contributed by atoms with Gasteiger partial charge in [0.15, 0.2) is 6.23 Å². The number of rotatable bonds is 3. The first-order valence-electron chi connectivity index (χ1n) is 8.79. The highest BCUT2D eigenvalue weighted by Crippen LogP contribution is 2.45. The Morgan fingerprint density at radius 3 is 2.76 bits per heavy atom. The number of hydrogen-bond donors (Lipinski definition) is 3. The smallest absolute Gasteiger partial charge is 0.200 e. The fourth-order valence-corrected chi connectivity index (χ4v) is 4.24. The minimum atomic E-state index is -0.224. The number of ether oxygens (including phenoxy) is 1. The first-order chi connectivity index (χ1) is 12.2. The van der Waals surface area contributed by atoms with E-state index in [1.165, 1.54) is 10.8 Å². The van der Waals surface area contributed by atoms with Crippen molar-refractivity contribution in [3.8, 4) is 6.07 Å². The molecule has 2 aliphatic rings. The van der Waals surface area contributed by atoms with Crippen molar-refractivity contribution in [3.63, 3.8) is 0 Å². The zero-order chi connectivity index (χ0) is 17.4. The molecule has 0 amide bonds. The van der Waals surface area contributed by atoms with Crippen LogP contribution in [-0.2, 0) is 4.74 Å². The Morgan fingerprint density at radius 2 is 1.96 bits per heavy atom. The van der Waals surface area contributed by atoms with E-state index in [0.717, 1.165) is 18.4 Å². The third-order valence-electron chi connectivity index (χ3n) is 5.32. The van der Waals surface area contributed by atoms with E-state index in [0.29, 0.717) is 5.57 Å². The molecule has 0 radical (unpaired) electrons. The van der Waals surface area contributed by atoms with Crippen LogP contribution in [0, 0.1) is 17.2 Å². The molecule has 0 saturated carbocycles. The second-order valence-corrected chi connectivity index (χ2v) is 6.74. The standard InChI is InChI=1S/C20H22N4O/c1-2-6-16-18-17(15(11-21)19(22)25-20(18)24-23-16)14-10-5-8-12-7-3-4-9-13(12)14/h3-5,7-10,16-18,20,23-24H,2,6,22H2,1H3. The molecule has 25 heavy (non-hydrogen) atoms. The number of allylic oxidation sites excluding steroid dienone is 1. The highest BCUT2D eigenvalue weighted by molar-refractivity contribution is 5.86. The summed E-state index contributed by atoms with van der Waals surface area (Å²) in [5.74, 6) is 0.259. The van der Waals surface area contributed by atoms with E-state index in [4.69, 9.17) is 10.5 Å². The normalized spacial score (nSPS) is 28.5. The first-order valence-corrected chi connectivity index (χ1v) is 8.79. The molecule has 4 atom stereocenters. The topological polar surface area (TPSA) is 83.1 Å². The van der Waals surface area contributed by atoms with Gasteiger partial charge >= 0.3 is 0 Å². The van der Waals surface area contributed by atoms with Crippen LogP contribution in [0.2, 0.25) is 0 Å². The molecule has 2 aromatic carbocycles. The molecular weight excluding hydrogens is 312 g/mol. The third-order valence-corrected chi connectivity index (χ3v) is 5.32. The van der Waals surface area contributed by atoms with E-state index in [1.54, 1.807) is 0 Å². The highest BCUT2D eigenvalue weighted by atomic mass is 16.5. The van der Waals surface area contributed by atoms with Gasteiger partial charge in [-0.2, -0.15) is 5.26 Å². The summed E-state index contributed by atoms with van der Waals surface area (Å²) < 4.78 is 5.82. The van der Waals surface area contributed by atoms with E-state index >= 15 is 0 Å². The summed E-state index contributed by atoms with van der Waals surface area (Å²) >= 11 is 0. The molecule has 2 aliphatic heterocycles. The van der Waals surface area contributed by atoms with Crippen molar-refractivity contribution >= 4 is 10.8 Å². The summed E-state index contributed by atoms with van der Waals surface area (Å²) in [4.78, 5) is 0. The summed E-state index contributed by atoms with van der Waals surface area (Å²) in [5, 5.41) is 12.1. The van der Waals surface area contributed by atoms with Gasteiger partial charge in [-0.05, 0) is 22.8 Å². The second kappa shape index (κ2) is 6.40. The maximum Gasteiger partial charge on any atom is 0.200 e. The number of nitrogens with one attached hydrogen (secondary N) is 2. The van der Waals surface area contributed by atoms with Crippen LogP contribution in [0.25, 0.3) is 10.8 Å². The molecule has 1 fully saturated rings. The number of hydrogen-bond acceptors (Lipinski definition) is 5. The van der Waals surface area contributed by atoms with Crippen molar-refractivity contribution in [1.29, 1.82) is 5.26 Å². The molecule has 4 rings (SSSR count). The molecule has 5 nitrogen and oxygen atoms in total. The van der Waals surface area contributed by atoms with Crippen LogP contribution in [0.5, 0.6) is 0 Å². The summed E-state index contributed by atoms with van der Waals surface area (Å²) in [7, 11) is 0. The van der Waals surface area contributed by atoms with E-state index in [2.05, 4.69) is 54.2 Å². The van der Waals surface area contributed by atoms with Crippen molar-refractivity contribution in [2.45, 2.75) is 38.0 Å². The fraction of sp³-hybridized carbons (Fsp3) is 0.350.